The molecular weight excluding hydrogens is 383 g/mol. The summed E-state index contributed by atoms with van der Waals surface area (Å²) in [5.74, 6) is -0.0260. The molecule has 0 aliphatic heterocycles. The molecule has 3 rings (SSSR count). The maximum absolute atomic E-state index is 12.3. The number of hydrogen-bond donors (Lipinski definition) is 2. The molecule has 2 aromatic carbocycles. The number of anilines is 3. The van der Waals surface area contributed by atoms with E-state index in [4.69, 9.17) is 34.8 Å². The number of amides is 1. The van der Waals surface area contributed by atoms with Gasteiger partial charge in [-0.2, -0.15) is 0 Å². The van der Waals surface area contributed by atoms with Crippen molar-refractivity contribution in [1.29, 1.82) is 0 Å². The molecule has 0 fully saturated rings. The monoisotopic (exact) mass is 392 g/mol. The first-order valence-electron chi connectivity index (χ1n) is 7.12. The smallest absolute Gasteiger partial charge is 0.258 e. The summed E-state index contributed by atoms with van der Waals surface area (Å²) in [6.45, 7) is 0. The van der Waals surface area contributed by atoms with Crippen LogP contribution in [-0.2, 0) is 0 Å². The second-order valence-corrected chi connectivity index (χ2v) is 6.29. The van der Waals surface area contributed by atoms with Gasteiger partial charge in [0.05, 0.1) is 16.3 Å². The molecule has 0 bridgehead atoms. The molecule has 0 saturated heterocycles. The molecule has 25 heavy (non-hydrogen) atoms. The summed E-state index contributed by atoms with van der Waals surface area (Å²) in [7, 11) is 0. The number of benzene rings is 2. The summed E-state index contributed by atoms with van der Waals surface area (Å²) < 4.78 is 0. The standard InChI is InChI=1S/C17H11Cl3N4O/c18-11-1-4-13(5-2-11)23-17-21-8-10(9-22-17)16(25)24-15-7-12(19)3-6-14(15)20/h1-9H,(H,24,25)(H,21,22,23). The minimum Gasteiger partial charge on any atom is -0.324 e. The van der Waals surface area contributed by atoms with E-state index in [0.29, 0.717) is 26.7 Å². The van der Waals surface area contributed by atoms with Gasteiger partial charge in [0.1, 0.15) is 0 Å². The second kappa shape index (κ2) is 7.70. The van der Waals surface area contributed by atoms with Crippen LogP contribution in [0.25, 0.3) is 0 Å². The Hall–Kier alpha value is -2.34. The lowest BCUT2D eigenvalue weighted by molar-refractivity contribution is 0.102. The van der Waals surface area contributed by atoms with Gasteiger partial charge in [0, 0.05) is 28.1 Å². The molecule has 2 N–H and O–H groups in total. The molecule has 0 atom stereocenters. The van der Waals surface area contributed by atoms with E-state index in [9.17, 15) is 4.79 Å². The molecule has 0 spiro atoms. The van der Waals surface area contributed by atoms with Crippen LogP contribution in [0.15, 0.2) is 54.9 Å². The van der Waals surface area contributed by atoms with Gasteiger partial charge in [0.15, 0.2) is 0 Å². The Balaban J connectivity index is 1.70. The topological polar surface area (TPSA) is 66.9 Å². The maximum Gasteiger partial charge on any atom is 0.258 e. The van der Waals surface area contributed by atoms with Crippen LogP contribution in [0, 0.1) is 0 Å². The van der Waals surface area contributed by atoms with Gasteiger partial charge in [0.25, 0.3) is 5.91 Å². The van der Waals surface area contributed by atoms with Gasteiger partial charge in [-0.3, -0.25) is 4.79 Å². The van der Waals surface area contributed by atoms with Gasteiger partial charge < -0.3 is 10.6 Å². The molecule has 0 aliphatic rings. The predicted octanol–water partition coefficient (Wildman–Crippen LogP) is 5.43. The summed E-state index contributed by atoms with van der Waals surface area (Å²) in [6, 6.07) is 11.9. The van der Waals surface area contributed by atoms with Crippen LogP contribution in [0.4, 0.5) is 17.3 Å². The first-order chi connectivity index (χ1) is 12.0. The Morgan fingerprint density at radius 2 is 1.52 bits per heavy atom. The molecule has 1 aromatic heterocycles. The largest absolute Gasteiger partial charge is 0.324 e. The third-order valence-corrected chi connectivity index (χ3v) is 4.01. The van der Waals surface area contributed by atoms with Crippen LogP contribution in [-0.4, -0.2) is 15.9 Å². The van der Waals surface area contributed by atoms with E-state index >= 15 is 0 Å². The van der Waals surface area contributed by atoms with E-state index in [0.717, 1.165) is 5.69 Å². The van der Waals surface area contributed by atoms with Crippen LogP contribution >= 0.6 is 34.8 Å². The predicted molar refractivity (Wildman–Crippen MR) is 101 cm³/mol. The maximum atomic E-state index is 12.3. The van der Waals surface area contributed by atoms with E-state index in [1.165, 1.54) is 12.4 Å². The summed E-state index contributed by atoms with van der Waals surface area (Å²) in [4.78, 5) is 20.5. The van der Waals surface area contributed by atoms with Crippen molar-refractivity contribution in [2.45, 2.75) is 0 Å². The zero-order valence-corrected chi connectivity index (χ0v) is 14.9. The highest BCUT2D eigenvalue weighted by atomic mass is 35.5. The van der Waals surface area contributed by atoms with Gasteiger partial charge >= 0.3 is 0 Å². The van der Waals surface area contributed by atoms with Gasteiger partial charge in [-0.05, 0) is 42.5 Å². The minimum absolute atomic E-state index is 0.290. The number of nitrogens with one attached hydrogen (secondary N) is 2. The van der Waals surface area contributed by atoms with E-state index in [-0.39, 0.29) is 11.5 Å². The average molecular weight is 394 g/mol. The number of carbonyl (C=O) groups excluding carboxylic acids is 1. The van der Waals surface area contributed by atoms with Crippen molar-refractivity contribution in [2.75, 3.05) is 10.6 Å². The Morgan fingerprint density at radius 3 is 2.20 bits per heavy atom. The van der Waals surface area contributed by atoms with Crippen LogP contribution < -0.4 is 10.6 Å². The Bertz CT molecular complexity index is 899. The van der Waals surface area contributed by atoms with E-state index in [1.54, 1.807) is 42.5 Å². The molecule has 0 aliphatic carbocycles. The molecule has 1 heterocycles. The molecule has 0 unspecified atom stereocenters. The van der Waals surface area contributed by atoms with Crippen molar-refractivity contribution < 1.29 is 4.79 Å². The number of carbonyl (C=O) groups is 1. The normalized spacial score (nSPS) is 10.4. The van der Waals surface area contributed by atoms with Crippen molar-refractivity contribution in [3.05, 3.63) is 75.5 Å². The van der Waals surface area contributed by atoms with Gasteiger partial charge in [-0.1, -0.05) is 34.8 Å². The van der Waals surface area contributed by atoms with Crippen molar-refractivity contribution in [2.24, 2.45) is 0 Å². The lowest BCUT2D eigenvalue weighted by Crippen LogP contribution is -2.13. The number of halogens is 3. The third-order valence-electron chi connectivity index (χ3n) is 3.19. The summed E-state index contributed by atoms with van der Waals surface area (Å²) in [5, 5.41) is 7.18. The fourth-order valence-electron chi connectivity index (χ4n) is 1.96. The van der Waals surface area contributed by atoms with Gasteiger partial charge in [-0.25, -0.2) is 9.97 Å². The molecular formula is C17H11Cl3N4O. The van der Waals surface area contributed by atoms with E-state index < -0.39 is 0 Å². The number of aromatic nitrogens is 2. The first kappa shape index (κ1) is 17.5. The molecule has 3 aromatic rings. The summed E-state index contributed by atoms with van der Waals surface area (Å²) >= 11 is 17.8. The Labute approximate surface area is 159 Å². The highest BCUT2D eigenvalue weighted by molar-refractivity contribution is 6.35. The number of rotatable bonds is 4. The zero-order valence-electron chi connectivity index (χ0n) is 12.6. The molecule has 126 valence electrons. The second-order valence-electron chi connectivity index (χ2n) is 5.01. The lowest BCUT2D eigenvalue weighted by Gasteiger charge is -2.08. The summed E-state index contributed by atoms with van der Waals surface area (Å²) in [5.41, 5.74) is 1.49. The number of nitrogens with zero attached hydrogens (tertiary/aromatic N) is 2. The van der Waals surface area contributed by atoms with Crippen LogP contribution in [0.3, 0.4) is 0 Å². The lowest BCUT2D eigenvalue weighted by atomic mass is 10.2. The van der Waals surface area contributed by atoms with Crippen molar-refractivity contribution in [3.8, 4) is 0 Å². The van der Waals surface area contributed by atoms with Crippen LogP contribution in [0.1, 0.15) is 10.4 Å². The van der Waals surface area contributed by atoms with Gasteiger partial charge in [-0.15, -0.1) is 0 Å². The minimum atomic E-state index is -0.387. The SMILES string of the molecule is O=C(Nc1cc(Cl)ccc1Cl)c1cnc(Nc2ccc(Cl)cc2)nc1. The fourth-order valence-corrected chi connectivity index (χ4v) is 2.42. The molecule has 5 nitrogen and oxygen atoms in total. The molecule has 8 heteroatoms. The van der Waals surface area contributed by atoms with Crippen LogP contribution in [0.5, 0.6) is 0 Å². The fraction of sp³-hybridized carbons (Fsp3) is 0. The molecule has 0 saturated carbocycles. The van der Waals surface area contributed by atoms with E-state index in [2.05, 4.69) is 20.6 Å². The Kier molecular flexibility index (Phi) is 5.38. The Morgan fingerprint density at radius 1 is 0.880 bits per heavy atom. The number of hydrogen-bond acceptors (Lipinski definition) is 4. The third kappa shape index (κ3) is 4.60. The van der Waals surface area contributed by atoms with Crippen molar-refractivity contribution in [1.82, 2.24) is 9.97 Å². The quantitative estimate of drug-likeness (QED) is 0.620. The van der Waals surface area contributed by atoms with Gasteiger partial charge in [0.2, 0.25) is 5.95 Å². The highest BCUT2D eigenvalue weighted by Gasteiger charge is 2.10. The molecule has 1 amide bonds. The summed E-state index contributed by atoms with van der Waals surface area (Å²) in [6.07, 6.45) is 2.83. The van der Waals surface area contributed by atoms with Crippen molar-refractivity contribution in [3.63, 3.8) is 0 Å². The van der Waals surface area contributed by atoms with Crippen LogP contribution in [0.2, 0.25) is 15.1 Å². The highest BCUT2D eigenvalue weighted by Crippen LogP contribution is 2.26. The van der Waals surface area contributed by atoms with Crippen molar-refractivity contribution >= 4 is 58.0 Å². The first-order valence-corrected chi connectivity index (χ1v) is 8.26. The average Bonchev–Trinajstić information content (AvgIpc) is 2.61. The molecule has 0 radical (unpaired) electrons. The zero-order chi connectivity index (χ0) is 17.8. The van der Waals surface area contributed by atoms with E-state index in [1.807, 2.05) is 0 Å².